The molecule has 1 aromatic rings. The van der Waals surface area contributed by atoms with E-state index in [0.29, 0.717) is 18.7 Å². The van der Waals surface area contributed by atoms with Gasteiger partial charge in [-0.15, -0.1) is 0 Å². The average Bonchev–Trinajstić information content (AvgIpc) is 2.28. The van der Waals surface area contributed by atoms with Gasteiger partial charge in [-0.2, -0.15) is 0 Å². The summed E-state index contributed by atoms with van der Waals surface area (Å²) in [5.74, 6) is -0.00266. The first kappa shape index (κ1) is 13.6. The van der Waals surface area contributed by atoms with Gasteiger partial charge >= 0.3 is 0 Å². The molecule has 0 saturated heterocycles. The molecule has 17 heavy (non-hydrogen) atoms. The standard InChI is InChI=1S/C13H21N3O/c1-10-11(6-5-7-15-10)12(17)16(4)9-13(2,3)8-14/h5-7H,8-9,14H2,1-4H3. The predicted molar refractivity (Wildman–Crippen MR) is 68.8 cm³/mol. The Balaban J connectivity index is 2.81. The summed E-state index contributed by atoms with van der Waals surface area (Å²) in [7, 11) is 1.80. The van der Waals surface area contributed by atoms with Gasteiger partial charge in [0.2, 0.25) is 0 Å². The van der Waals surface area contributed by atoms with Crippen LogP contribution in [0.15, 0.2) is 18.3 Å². The SMILES string of the molecule is Cc1ncccc1C(=O)N(C)CC(C)(C)CN. The first-order valence-electron chi connectivity index (χ1n) is 5.74. The van der Waals surface area contributed by atoms with Crippen molar-refractivity contribution in [2.24, 2.45) is 11.1 Å². The minimum Gasteiger partial charge on any atom is -0.341 e. The fourth-order valence-corrected chi connectivity index (χ4v) is 1.69. The van der Waals surface area contributed by atoms with Crippen molar-refractivity contribution in [3.63, 3.8) is 0 Å². The van der Waals surface area contributed by atoms with E-state index in [2.05, 4.69) is 4.98 Å². The highest BCUT2D eigenvalue weighted by atomic mass is 16.2. The average molecular weight is 235 g/mol. The lowest BCUT2D eigenvalue weighted by molar-refractivity contribution is 0.0739. The van der Waals surface area contributed by atoms with Crippen LogP contribution in [0.2, 0.25) is 0 Å². The molecule has 4 heteroatoms. The van der Waals surface area contributed by atoms with Crippen LogP contribution < -0.4 is 5.73 Å². The van der Waals surface area contributed by atoms with E-state index in [-0.39, 0.29) is 11.3 Å². The van der Waals surface area contributed by atoms with Crippen LogP contribution in [0.5, 0.6) is 0 Å². The van der Waals surface area contributed by atoms with Gasteiger partial charge in [-0.3, -0.25) is 9.78 Å². The first-order chi connectivity index (χ1) is 7.87. The van der Waals surface area contributed by atoms with Crippen LogP contribution in [-0.2, 0) is 0 Å². The number of carbonyl (C=O) groups is 1. The number of rotatable bonds is 4. The second-order valence-electron chi connectivity index (χ2n) is 5.17. The van der Waals surface area contributed by atoms with E-state index < -0.39 is 0 Å². The second kappa shape index (κ2) is 5.27. The lowest BCUT2D eigenvalue weighted by Crippen LogP contribution is -2.40. The van der Waals surface area contributed by atoms with E-state index in [9.17, 15) is 4.79 Å². The van der Waals surface area contributed by atoms with Crippen LogP contribution in [0.3, 0.4) is 0 Å². The highest BCUT2D eigenvalue weighted by molar-refractivity contribution is 5.95. The summed E-state index contributed by atoms with van der Waals surface area (Å²) in [6, 6.07) is 3.58. The largest absolute Gasteiger partial charge is 0.341 e. The summed E-state index contributed by atoms with van der Waals surface area (Å²) in [6.45, 7) is 7.13. The molecule has 0 aliphatic heterocycles. The van der Waals surface area contributed by atoms with E-state index in [1.807, 2.05) is 20.8 Å². The molecule has 1 rings (SSSR count). The van der Waals surface area contributed by atoms with Gasteiger partial charge < -0.3 is 10.6 Å². The highest BCUT2D eigenvalue weighted by Gasteiger charge is 2.22. The molecule has 94 valence electrons. The van der Waals surface area contributed by atoms with Crippen molar-refractivity contribution < 1.29 is 4.79 Å². The summed E-state index contributed by atoms with van der Waals surface area (Å²) in [6.07, 6.45) is 1.69. The number of hydrogen-bond acceptors (Lipinski definition) is 3. The van der Waals surface area contributed by atoms with Crippen LogP contribution in [-0.4, -0.2) is 35.9 Å². The van der Waals surface area contributed by atoms with Crippen LogP contribution in [0.1, 0.15) is 29.9 Å². The molecule has 0 saturated carbocycles. The Morgan fingerprint density at radius 2 is 2.18 bits per heavy atom. The number of nitrogens with two attached hydrogens (primary N) is 1. The fraction of sp³-hybridized carbons (Fsp3) is 0.538. The summed E-state index contributed by atoms with van der Waals surface area (Å²) in [4.78, 5) is 18.0. The van der Waals surface area contributed by atoms with Gasteiger partial charge in [0.05, 0.1) is 5.56 Å². The summed E-state index contributed by atoms with van der Waals surface area (Å²) >= 11 is 0. The number of hydrogen-bond donors (Lipinski definition) is 1. The smallest absolute Gasteiger partial charge is 0.255 e. The normalized spacial score (nSPS) is 11.4. The van der Waals surface area contributed by atoms with Crippen LogP contribution in [0.25, 0.3) is 0 Å². The Labute approximate surface area is 103 Å². The minimum atomic E-state index is -0.0689. The lowest BCUT2D eigenvalue weighted by Gasteiger charge is -2.29. The number of nitrogens with zero attached hydrogens (tertiary/aromatic N) is 2. The third kappa shape index (κ3) is 3.53. The van der Waals surface area contributed by atoms with Gasteiger partial charge in [0.1, 0.15) is 0 Å². The second-order valence-corrected chi connectivity index (χ2v) is 5.17. The van der Waals surface area contributed by atoms with Crippen LogP contribution in [0, 0.1) is 12.3 Å². The quantitative estimate of drug-likeness (QED) is 0.859. The molecule has 0 spiro atoms. The molecular formula is C13H21N3O. The Kier molecular flexibility index (Phi) is 4.23. The fourth-order valence-electron chi connectivity index (χ4n) is 1.69. The summed E-state index contributed by atoms with van der Waals surface area (Å²) in [5, 5.41) is 0. The molecule has 0 aliphatic carbocycles. The van der Waals surface area contributed by atoms with Gasteiger partial charge in [0, 0.05) is 25.5 Å². The van der Waals surface area contributed by atoms with Gasteiger partial charge in [-0.1, -0.05) is 13.8 Å². The number of amides is 1. The van der Waals surface area contributed by atoms with E-state index in [4.69, 9.17) is 5.73 Å². The maximum absolute atomic E-state index is 12.2. The zero-order chi connectivity index (χ0) is 13.1. The molecule has 2 N–H and O–H groups in total. The molecule has 0 aliphatic rings. The molecule has 1 heterocycles. The Morgan fingerprint density at radius 1 is 1.53 bits per heavy atom. The molecule has 1 amide bonds. The van der Waals surface area contributed by atoms with E-state index in [1.54, 1.807) is 30.3 Å². The molecule has 0 fully saturated rings. The van der Waals surface area contributed by atoms with E-state index in [0.717, 1.165) is 5.69 Å². The van der Waals surface area contributed by atoms with Gasteiger partial charge in [0.15, 0.2) is 0 Å². The topological polar surface area (TPSA) is 59.2 Å². The molecule has 0 atom stereocenters. The number of pyridine rings is 1. The summed E-state index contributed by atoms with van der Waals surface area (Å²) < 4.78 is 0. The van der Waals surface area contributed by atoms with Crippen molar-refractivity contribution in [2.75, 3.05) is 20.1 Å². The Hall–Kier alpha value is -1.42. The molecular weight excluding hydrogens is 214 g/mol. The number of carbonyl (C=O) groups excluding carboxylic acids is 1. The van der Waals surface area contributed by atoms with Crippen LogP contribution >= 0.6 is 0 Å². The maximum Gasteiger partial charge on any atom is 0.255 e. The minimum absolute atomic E-state index is 0.00266. The Morgan fingerprint density at radius 3 is 2.71 bits per heavy atom. The number of aromatic nitrogens is 1. The third-order valence-corrected chi connectivity index (χ3v) is 2.80. The maximum atomic E-state index is 12.2. The van der Waals surface area contributed by atoms with Gasteiger partial charge in [-0.25, -0.2) is 0 Å². The van der Waals surface area contributed by atoms with Crippen molar-refractivity contribution in [1.82, 2.24) is 9.88 Å². The van der Waals surface area contributed by atoms with E-state index >= 15 is 0 Å². The monoisotopic (exact) mass is 235 g/mol. The first-order valence-corrected chi connectivity index (χ1v) is 5.74. The zero-order valence-electron chi connectivity index (χ0n) is 11.0. The third-order valence-electron chi connectivity index (χ3n) is 2.80. The summed E-state index contributed by atoms with van der Waals surface area (Å²) in [5.41, 5.74) is 7.02. The molecule has 0 aromatic carbocycles. The van der Waals surface area contributed by atoms with Crippen molar-refractivity contribution in [2.45, 2.75) is 20.8 Å². The number of aryl methyl sites for hydroxylation is 1. The molecule has 0 bridgehead atoms. The Bertz CT molecular complexity index is 401. The molecule has 0 radical (unpaired) electrons. The molecule has 4 nitrogen and oxygen atoms in total. The van der Waals surface area contributed by atoms with Crippen molar-refractivity contribution >= 4 is 5.91 Å². The van der Waals surface area contributed by atoms with Crippen molar-refractivity contribution in [3.05, 3.63) is 29.6 Å². The lowest BCUT2D eigenvalue weighted by atomic mass is 9.93. The van der Waals surface area contributed by atoms with Crippen molar-refractivity contribution in [3.8, 4) is 0 Å². The molecule has 1 aromatic heterocycles. The van der Waals surface area contributed by atoms with E-state index in [1.165, 1.54) is 0 Å². The zero-order valence-corrected chi connectivity index (χ0v) is 11.0. The van der Waals surface area contributed by atoms with Crippen LogP contribution in [0.4, 0.5) is 0 Å². The highest BCUT2D eigenvalue weighted by Crippen LogP contribution is 2.16. The van der Waals surface area contributed by atoms with Gasteiger partial charge in [0.25, 0.3) is 5.91 Å². The van der Waals surface area contributed by atoms with Crippen molar-refractivity contribution in [1.29, 1.82) is 0 Å². The predicted octanol–water partition coefficient (Wildman–Crippen LogP) is 1.45. The van der Waals surface area contributed by atoms with Gasteiger partial charge in [-0.05, 0) is 31.0 Å². The molecule has 0 unspecified atom stereocenters.